The number of anilines is 1. The van der Waals surface area contributed by atoms with Crippen LogP contribution in [0.2, 0.25) is 0 Å². The summed E-state index contributed by atoms with van der Waals surface area (Å²) in [5.41, 5.74) is 3.07. The first kappa shape index (κ1) is 23.4. The van der Waals surface area contributed by atoms with Gasteiger partial charge in [-0.05, 0) is 38.0 Å². The van der Waals surface area contributed by atoms with Gasteiger partial charge in [0.15, 0.2) is 0 Å². The normalized spacial score (nSPS) is 12.2. The van der Waals surface area contributed by atoms with E-state index in [0.29, 0.717) is 5.69 Å². The number of nitrogens with zero attached hydrogens (tertiary/aromatic N) is 2. The van der Waals surface area contributed by atoms with Crippen LogP contribution in [0.5, 0.6) is 0 Å². The third kappa shape index (κ3) is 5.82. The zero-order chi connectivity index (χ0) is 22.5. The second-order valence-corrected chi connectivity index (χ2v) is 9.26. The van der Waals surface area contributed by atoms with Crippen LogP contribution in [0, 0.1) is 13.8 Å². The number of rotatable bonds is 8. The van der Waals surface area contributed by atoms with Crippen molar-refractivity contribution in [1.29, 1.82) is 0 Å². The SMILES string of the molecule is CNC(=O)C(C)N(Cc1cccc(C)c1)C(=O)CN(c1ccccc1C)S(C)(=O)=O. The van der Waals surface area contributed by atoms with Gasteiger partial charge in [-0.2, -0.15) is 0 Å². The minimum absolute atomic E-state index is 0.195. The van der Waals surface area contributed by atoms with Crippen LogP contribution in [0.4, 0.5) is 5.69 Å². The van der Waals surface area contributed by atoms with Crippen LogP contribution in [0.15, 0.2) is 48.5 Å². The van der Waals surface area contributed by atoms with Gasteiger partial charge in [-0.15, -0.1) is 0 Å². The van der Waals surface area contributed by atoms with Gasteiger partial charge >= 0.3 is 0 Å². The first-order valence-electron chi connectivity index (χ1n) is 9.64. The number of aryl methyl sites for hydroxylation is 2. The van der Waals surface area contributed by atoms with Gasteiger partial charge in [0.2, 0.25) is 21.8 Å². The van der Waals surface area contributed by atoms with E-state index in [0.717, 1.165) is 27.3 Å². The van der Waals surface area contributed by atoms with E-state index in [1.807, 2.05) is 31.2 Å². The Morgan fingerprint density at radius 3 is 2.30 bits per heavy atom. The predicted octanol–water partition coefficient (Wildman–Crippen LogP) is 2.23. The average molecular weight is 432 g/mol. The van der Waals surface area contributed by atoms with Crippen molar-refractivity contribution in [3.63, 3.8) is 0 Å². The van der Waals surface area contributed by atoms with Gasteiger partial charge in [0.1, 0.15) is 12.6 Å². The molecule has 0 fully saturated rings. The van der Waals surface area contributed by atoms with Crippen LogP contribution in [0.3, 0.4) is 0 Å². The standard InChI is InChI=1S/C22H29N3O4S/c1-16-9-8-11-19(13-16)14-24(18(3)22(27)23-4)21(26)15-25(30(5,28)29)20-12-7-6-10-17(20)2/h6-13,18H,14-15H2,1-5H3,(H,23,27). The Bertz CT molecular complexity index is 1020. The largest absolute Gasteiger partial charge is 0.357 e. The highest BCUT2D eigenvalue weighted by Crippen LogP contribution is 2.22. The van der Waals surface area contributed by atoms with Crippen LogP contribution in [-0.4, -0.2) is 51.0 Å². The summed E-state index contributed by atoms with van der Waals surface area (Å²) in [5, 5.41) is 2.56. The van der Waals surface area contributed by atoms with Gasteiger partial charge in [-0.1, -0.05) is 48.0 Å². The molecule has 1 atom stereocenters. The Kier molecular flexibility index (Phi) is 7.61. The summed E-state index contributed by atoms with van der Waals surface area (Å²) in [5.74, 6) is -0.779. The lowest BCUT2D eigenvalue weighted by atomic mass is 10.1. The number of amides is 2. The van der Waals surface area contributed by atoms with Crippen LogP contribution in [-0.2, 0) is 26.2 Å². The fourth-order valence-electron chi connectivity index (χ4n) is 3.24. The second kappa shape index (κ2) is 9.75. The first-order chi connectivity index (χ1) is 14.0. The van der Waals surface area contributed by atoms with Crippen molar-refractivity contribution in [2.45, 2.75) is 33.4 Å². The number of carbonyl (C=O) groups is 2. The molecule has 0 aliphatic rings. The van der Waals surface area contributed by atoms with Crippen molar-refractivity contribution >= 4 is 27.5 Å². The number of para-hydroxylation sites is 1. The minimum Gasteiger partial charge on any atom is -0.357 e. The molecule has 162 valence electrons. The maximum Gasteiger partial charge on any atom is 0.244 e. The Labute approximate surface area is 178 Å². The van der Waals surface area contributed by atoms with Crippen LogP contribution in [0.25, 0.3) is 0 Å². The molecule has 2 rings (SSSR count). The molecule has 0 aliphatic heterocycles. The summed E-state index contributed by atoms with van der Waals surface area (Å²) in [7, 11) is -2.21. The lowest BCUT2D eigenvalue weighted by Gasteiger charge is -2.31. The fraction of sp³-hybridized carbons (Fsp3) is 0.364. The number of sulfonamides is 1. The Balaban J connectivity index is 2.40. The Morgan fingerprint density at radius 2 is 1.73 bits per heavy atom. The van der Waals surface area contributed by atoms with Gasteiger partial charge in [0.05, 0.1) is 11.9 Å². The molecule has 0 spiro atoms. The predicted molar refractivity (Wildman–Crippen MR) is 119 cm³/mol. The lowest BCUT2D eigenvalue weighted by Crippen LogP contribution is -2.50. The molecule has 0 bridgehead atoms. The molecule has 0 saturated carbocycles. The van der Waals surface area contributed by atoms with E-state index in [1.165, 1.54) is 11.9 Å². The zero-order valence-corrected chi connectivity index (χ0v) is 18.9. The Hall–Kier alpha value is -2.87. The quantitative estimate of drug-likeness (QED) is 0.694. The topological polar surface area (TPSA) is 86.8 Å². The van der Waals surface area contributed by atoms with E-state index in [9.17, 15) is 18.0 Å². The van der Waals surface area contributed by atoms with Crippen LogP contribution < -0.4 is 9.62 Å². The molecule has 0 radical (unpaired) electrons. The third-order valence-corrected chi connectivity index (χ3v) is 6.04. The van der Waals surface area contributed by atoms with E-state index >= 15 is 0 Å². The van der Waals surface area contributed by atoms with Crippen molar-refractivity contribution in [2.75, 3.05) is 24.2 Å². The van der Waals surface area contributed by atoms with Gasteiger partial charge in [0, 0.05) is 13.6 Å². The molecular formula is C22H29N3O4S. The number of hydrogen-bond donors (Lipinski definition) is 1. The van der Waals surface area contributed by atoms with Gasteiger partial charge in [-0.3, -0.25) is 13.9 Å². The number of likely N-dealkylation sites (N-methyl/N-ethyl adjacent to an activating group) is 1. The smallest absolute Gasteiger partial charge is 0.244 e. The zero-order valence-electron chi connectivity index (χ0n) is 18.0. The molecule has 0 aliphatic carbocycles. The van der Waals surface area contributed by atoms with Gasteiger partial charge in [0.25, 0.3) is 0 Å². The number of benzene rings is 2. The van der Waals surface area contributed by atoms with Crippen molar-refractivity contribution in [1.82, 2.24) is 10.2 Å². The number of carbonyl (C=O) groups excluding carboxylic acids is 2. The summed E-state index contributed by atoms with van der Waals surface area (Å²) in [4.78, 5) is 27.0. The van der Waals surface area contributed by atoms with Crippen LogP contribution >= 0.6 is 0 Å². The summed E-state index contributed by atoms with van der Waals surface area (Å²) >= 11 is 0. The summed E-state index contributed by atoms with van der Waals surface area (Å²) in [6.07, 6.45) is 1.07. The average Bonchev–Trinajstić information content (AvgIpc) is 2.69. The van der Waals surface area contributed by atoms with Crippen LogP contribution in [0.1, 0.15) is 23.6 Å². The van der Waals surface area contributed by atoms with E-state index < -0.39 is 28.5 Å². The molecule has 2 amide bonds. The van der Waals surface area contributed by atoms with Crippen molar-refractivity contribution in [3.05, 3.63) is 65.2 Å². The molecule has 2 aromatic carbocycles. The molecule has 0 aromatic heterocycles. The van der Waals surface area contributed by atoms with Gasteiger partial charge in [-0.25, -0.2) is 8.42 Å². The molecule has 8 heteroatoms. The van der Waals surface area contributed by atoms with E-state index in [1.54, 1.807) is 38.1 Å². The first-order valence-corrected chi connectivity index (χ1v) is 11.5. The fourth-order valence-corrected chi connectivity index (χ4v) is 4.14. The molecule has 1 N–H and O–H groups in total. The molecule has 1 unspecified atom stereocenters. The highest BCUT2D eigenvalue weighted by atomic mass is 32.2. The summed E-state index contributed by atoms with van der Waals surface area (Å²) in [6.45, 7) is 5.17. The lowest BCUT2D eigenvalue weighted by molar-refractivity contribution is -0.139. The van der Waals surface area contributed by atoms with E-state index in [2.05, 4.69) is 5.32 Å². The van der Waals surface area contributed by atoms with Crippen molar-refractivity contribution in [3.8, 4) is 0 Å². The minimum atomic E-state index is -3.71. The molecule has 0 saturated heterocycles. The van der Waals surface area contributed by atoms with Crippen molar-refractivity contribution < 1.29 is 18.0 Å². The van der Waals surface area contributed by atoms with E-state index in [-0.39, 0.29) is 12.5 Å². The monoisotopic (exact) mass is 431 g/mol. The van der Waals surface area contributed by atoms with E-state index in [4.69, 9.17) is 0 Å². The highest BCUT2D eigenvalue weighted by Gasteiger charge is 2.30. The Morgan fingerprint density at radius 1 is 1.07 bits per heavy atom. The number of hydrogen-bond acceptors (Lipinski definition) is 4. The molecular weight excluding hydrogens is 402 g/mol. The third-order valence-electron chi connectivity index (χ3n) is 4.91. The number of nitrogens with one attached hydrogen (secondary N) is 1. The highest BCUT2D eigenvalue weighted by molar-refractivity contribution is 7.92. The summed E-state index contributed by atoms with van der Waals surface area (Å²) in [6, 6.07) is 13.9. The molecule has 0 heterocycles. The molecule has 30 heavy (non-hydrogen) atoms. The second-order valence-electron chi connectivity index (χ2n) is 7.36. The van der Waals surface area contributed by atoms with Gasteiger partial charge < -0.3 is 10.2 Å². The summed E-state index contributed by atoms with van der Waals surface area (Å²) < 4.78 is 26.0. The maximum absolute atomic E-state index is 13.3. The molecule has 7 nitrogen and oxygen atoms in total. The maximum atomic E-state index is 13.3. The molecule has 2 aromatic rings. The van der Waals surface area contributed by atoms with Crippen molar-refractivity contribution in [2.24, 2.45) is 0 Å².